The number of nitrogen functional groups attached to an aromatic ring is 1. The van der Waals surface area contributed by atoms with Crippen LogP contribution in [0.5, 0.6) is 5.88 Å². The number of hydrogen-bond donors (Lipinski definition) is 1. The fraction of sp³-hybridized carbons (Fsp3) is 0.333. The van der Waals surface area contributed by atoms with Gasteiger partial charge in [-0.1, -0.05) is 0 Å². The molecule has 2 heterocycles. The van der Waals surface area contributed by atoms with E-state index in [4.69, 9.17) is 10.5 Å². The van der Waals surface area contributed by atoms with E-state index in [2.05, 4.69) is 17.0 Å². The molecule has 0 saturated heterocycles. The quantitative estimate of drug-likeness (QED) is 0.872. The third-order valence-electron chi connectivity index (χ3n) is 2.64. The molecule has 0 atom stereocenters. The van der Waals surface area contributed by atoms with Crippen LogP contribution in [0.2, 0.25) is 0 Å². The molecule has 2 aromatic rings. The van der Waals surface area contributed by atoms with Crippen molar-refractivity contribution >= 4 is 5.69 Å². The second kappa shape index (κ2) is 4.86. The van der Waals surface area contributed by atoms with Crippen molar-refractivity contribution in [3.63, 3.8) is 0 Å². The van der Waals surface area contributed by atoms with Gasteiger partial charge in [0.15, 0.2) is 0 Å². The molecule has 2 N–H and O–H groups in total. The summed E-state index contributed by atoms with van der Waals surface area (Å²) in [7, 11) is 0. The third-order valence-corrected chi connectivity index (χ3v) is 2.64. The number of nitrogens with two attached hydrogens (primary N) is 1. The zero-order valence-corrected chi connectivity index (χ0v) is 10.1. The van der Waals surface area contributed by atoms with E-state index < -0.39 is 0 Å². The number of pyridine rings is 1. The van der Waals surface area contributed by atoms with E-state index >= 15 is 0 Å². The van der Waals surface area contributed by atoms with Gasteiger partial charge in [0.2, 0.25) is 5.88 Å². The molecule has 0 aliphatic carbocycles. The third kappa shape index (κ3) is 2.55. The second-order valence-electron chi connectivity index (χ2n) is 3.79. The molecule has 17 heavy (non-hydrogen) atoms. The molecule has 0 amide bonds. The maximum atomic E-state index is 5.57. The first-order valence-electron chi connectivity index (χ1n) is 5.56. The Morgan fingerprint density at radius 1 is 1.35 bits per heavy atom. The second-order valence-corrected chi connectivity index (χ2v) is 3.79. The van der Waals surface area contributed by atoms with Crippen molar-refractivity contribution in [2.45, 2.75) is 27.0 Å². The molecular formula is C12H16N4O. The molecule has 5 nitrogen and oxygen atoms in total. The van der Waals surface area contributed by atoms with Crippen molar-refractivity contribution in [1.82, 2.24) is 14.8 Å². The summed E-state index contributed by atoms with van der Waals surface area (Å²) < 4.78 is 7.51. The summed E-state index contributed by atoms with van der Waals surface area (Å²) in [6.45, 7) is 5.44. The van der Waals surface area contributed by atoms with Crippen LogP contribution in [-0.2, 0) is 13.2 Å². The van der Waals surface area contributed by atoms with Crippen molar-refractivity contribution in [1.29, 1.82) is 0 Å². The molecule has 0 fully saturated rings. The lowest BCUT2D eigenvalue weighted by Crippen LogP contribution is -2.02. The Labute approximate surface area is 100 Å². The predicted molar refractivity (Wildman–Crippen MR) is 65.6 cm³/mol. The van der Waals surface area contributed by atoms with Crippen molar-refractivity contribution in [2.24, 2.45) is 0 Å². The molecule has 0 saturated carbocycles. The van der Waals surface area contributed by atoms with Crippen molar-refractivity contribution in [3.05, 3.63) is 35.8 Å². The van der Waals surface area contributed by atoms with Gasteiger partial charge >= 0.3 is 0 Å². The summed E-state index contributed by atoms with van der Waals surface area (Å²) in [5.41, 5.74) is 8.38. The van der Waals surface area contributed by atoms with E-state index in [-0.39, 0.29) is 0 Å². The summed E-state index contributed by atoms with van der Waals surface area (Å²) in [5.74, 6) is 0.572. The standard InChI is InChI=1S/C12H16N4O/c1-3-16-9(2)10(6-15-16)8-17-12-5-4-11(13)7-14-12/h4-7H,3,8,13H2,1-2H3. The molecular weight excluding hydrogens is 216 g/mol. The van der Waals surface area contributed by atoms with Crippen molar-refractivity contribution < 1.29 is 4.74 Å². The van der Waals surface area contributed by atoms with Gasteiger partial charge in [0, 0.05) is 23.9 Å². The minimum Gasteiger partial charge on any atom is -0.473 e. The van der Waals surface area contributed by atoms with Crippen LogP contribution in [0.4, 0.5) is 5.69 Å². The molecule has 2 aromatic heterocycles. The smallest absolute Gasteiger partial charge is 0.213 e. The molecule has 0 unspecified atom stereocenters. The Morgan fingerprint density at radius 3 is 2.76 bits per heavy atom. The Kier molecular flexibility index (Phi) is 3.27. The Balaban J connectivity index is 2.02. The van der Waals surface area contributed by atoms with E-state index in [9.17, 15) is 0 Å². The fourth-order valence-electron chi connectivity index (χ4n) is 1.57. The first kappa shape index (κ1) is 11.4. The summed E-state index contributed by atoms with van der Waals surface area (Å²) in [6.07, 6.45) is 3.41. The van der Waals surface area contributed by atoms with Crippen LogP contribution in [0.25, 0.3) is 0 Å². The van der Waals surface area contributed by atoms with Gasteiger partial charge in [-0.3, -0.25) is 4.68 Å². The fourth-order valence-corrected chi connectivity index (χ4v) is 1.57. The first-order valence-corrected chi connectivity index (χ1v) is 5.56. The Morgan fingerprint density at radius 2 is 2.18 bits per heavy atom. The highest BCUT2D eigenvalue weighted by Crippen LogP contribution is 2.13. The highest BCUT2D eigenvalue weighted by atomic mass is 16.5. The van der Waals surface area contributed by atoms with E-state index in [0.717, 1.165) is 17.8 Å². The molecule has 0 aromatic carbocycles. The van der Waals surface area contributed by atoms with Crippen LogP contribution >= 0.6 is 0 Å². The SMILES string of the molecule is CCn1ncc(COc2ccc(N)cn2)c1C. The largest absolute Gasteiger partial charge is 0.473 e. The summed E-state index contributed by atoms with van der Waals surface area (Å²) in [6, 6.07) is 3.53. The topological polar surface area (TPSA) is 66.0 Å². The number of ether oxygens (including phenoxy) is 1. The van der Waals surface area contributed by atoms with Crippen LogP contribution in [0.3, 0.4) is 0 Å². The van der Waals surface area contributed by atoms with Gasteiger partial charge in [-0.05, 0) is 19.9 Å². The van der Waals surface area contributed by atoms with E-state index in [1.807, 2.05) is 17.8 Å². The number of aromatic nitrogens is 3. The monoisotopic (exact) mass is 232 g/mol. The van der Waals surface area contributed by atoms with Crippen molar-refractivity contribution in [2.75, 3.05) is 5.73 Å². The number of rotatable bonds is 4. The summed E-state index contributed by atoms with van der Waals surface area (Å²) >= 11 is 0. The Hall–Kier alpha value is -2.04. The lowest BCUT2D eigenvalue weighted by atomic mass is 10.3. The van der Waals surface area contributed by atoms with Crippen LogP contribution in [0, 0.1) is 6.92 Å². The molecule has 2 rings (SSSR count). The molecule has 0 aliphatic heterocycles. The minimum absolute atomic E-state index is 0.475. The van der Waals surface area contributed by atoms with E-state index in [0.29, 0.717) is 18.2 Å². The maximum Gasteiger partial charge on any atom is 0.213 e. The van der Waals surface area contributed by atoms with Gasteiger partial charge < -0.3 is 10.5 Å². The van der Waals surface area contributed by atoms with Gasteiger partial charge in [0.05, 0.1) is 18.1 Å². The summed E-state index contributed by atoms with van der Waals surface area (Å²) in [4.78, 5) is 4.08. The molecule has 0 radical (unpaired) electrons. The molecule has 90 valence electrons. The highest BCUT2D eigenvalue weighted by Gasteiger charge is 2.05. The van der Waals surface area contributed by atoms with Gasteiger partial charge in [-0.15, -0.1) is 0 Å². The normalized spacial score (nSPS) is 10.5. The van der Waals surface area contributed by atoms with Gasteiger partial charge in [-0.2, -0.15) is 5.10 Å². The molecule has 0 aliphatic rings. The number of aryl methyl sites for hydroxylation is 1. The molecule has 5 heteroatoms. The van der Waals surface area contributed by atoms with Crippen LogP contribution in [-0.4, -0.2) is 14.8 Å². The maximum absolute atomic E-state index is 5.57. The summed E-state index contributed by atoms with van der Waals surface area (Å²) in [5, 5.41) is 4.26. The average Bonchev–Trinajstić information content (AvgIpc) is 2.69. The lowest BCUT2D eigenvalue weighted by molar-refractivity contribution is 0.293. The minimum atomic E-state index is 0.475. The predicted octanol–water partition coefficient (Wildman–Crippen LogP) is 1.77. The van der Waals surface area contributed by atoms with Gasteiger partial charge in [-0.25, -0.2) is 4.98 Å². The molecule has 0 bridgehead atoms. The van der Waals surface area contributed by atoms with Gasteiger partial charge in [0.25, 0.3) is 0 Å². The van der Waals surface area contributed by atoms with E-state index in [1.54, 1.807) is 18.3 Å². The zero-order chi connectivity index (χ0) is 12.3. The highest BCUT2D eigenvalue weighted by molar-refractivity contribution is 5.36. The zero-order valence-electron chi connectivity index (χ0n) is 10.1. The number of nitrogens with zero attached hydrogens (tertiary/aromatic N) is 3. The number of hydrogen-bond acceptors (Lipinski definition) is 4. The molecule has 0 spiro atoms. The first-order chi connectivity index (χ1) is 8.20. The van der Waals surface area contributed by atoms with E-state index in [1.165, 1.54) is 0 Å². The average molecular weight is 232 g/mol. The van der Waals surface area contributed by atoms with Gasteiger partial charge in [0.1, 0.15) is 6.61 Å². The van der Waals surface area contributed by atoms with Crippen molar-refractivity contribution in [3.8, 4) is 5.88 Å². The lowest BCUT2D eigenvalue weighted by Gasteiger charge is -2.05. The Bertz CT molecular complexity index is 490. The van der Waals surface area contributed by atoms with Crippen LogP contribution in [0.15, 0.2) is 24.5 Å². The van der Waals surface area contributed by atoms with Crippen LogP contribution < -0.4 is 10.5 Å². The van der Waals surface area contributed by atoms with Crippen LogP contribution in [0.1, 0.15) is 18.2 Å². The number of anilines is 1.